The molecule has 1 aromatic heterocycles. The Morgan fingerprint density at radius 1 is 1.12 bits per heavy atom. The van der Waals surface area contributed by atoms with E-state index in [1.165, 1.54) is 23.1 Å². The predicted octanol–water partition coefficient (Wildman–Crippen LogP) is 4.45. The molecule has 8 nitrogen and oxygen atoms in total. The van der Waals surface area contributed by atoms with Crippen LogP contribution in [0, 0.1) is 5.82 Å². The van der Waals surface area contributed by atoms with Gasteiger partial charge in [0, 0.05) is 18.2 Å². The summed E-state index contributed by atoms with van der Waals surface area (Å²) >= 11 is 1.60. The number of amides is 1. The average molecular weight is 567 g/mol. The van der Waals surface area contributed by atoms with Gasteiger partial charge in [-0.05, 0) is 75.0 Å². The fourth-order valence-electron chi connectivity index (χ4n) is 4.81. The number of ether oxygens (including phenoxy) is 1. The van der Waals surface area contributed by atoms with Crippen LogP contribution in [-0.2, 0) is 17.8 Å². The van der Waals surface area contributed by atoms with Crippen molar-refractivity contribution < 1.29 is 19.0 Å². The van der Waals surface area contributed by atoms with Crippen LogP contribution in [0.15, 0.2) is 58.5 Å². The van der Waals surface area contributed by atoms with Gasteiger partial charge >= 0.3 is 0 Å². The van der Waals surface area contributed by atoms with E-state index in [2.05, 4.69) is 5.32 Å². The van der Waals surface area contributed by atoms with Crippen LogP contribution in [0.5, 0.6) is 11.5 Å². The molecule has 0 radical (unpaired) electrons. The molecule has 1 aliphatic carbocycles. The molecule has 0 saturated heterocycles. The van der Waals surface area contributed by atoms with E-state index < -0.39 is 0 Å². The molecule has 212 valence electrons. The van der Waals surface area contributed by atoms with Gasteiger partial charge in [0.25, 0.3) is 5.56 Å². The number of unbranched alkanes of at least 4 members (excludes halogenated alkanes) is 2. The van der Waals surface area contributed by atoms with Gasteiger partial charge in [-0.25, -0.2) is 9.37 Å². The first-order valence-corrected chi connectivity index (χ1v) is 14.8. The molecule has 2 N–H and O–H groups in total. The van der Waals surface area contributed by atoms with E-state index >= 15 is 0 Å². The number of phenolic OH excluding ortho intramolecular Hbond substituents is 1. The molecule has 2 aliphatic rings. The highest BCUT2D eigenvalue weighted by molar-refractivity contribution is 7.99. The topological polar surface area (TPSA) is 96.7 Å². The number of nitrogens with one attached hydrogen (secondary N) is 1. The quantitative estimate of drug-likeness (QED) is 0.247. The third-order valence-corrected chi connectivity index (χ3v) is 8.64. The summed E-state index contributed by atoms with van der Waals surface area (Å²) in [4.78, 5) is 33.3. The van der Waals surface area contributed by atoms with Gasteiger partial charge in [-0.3, -0.25) is 14.2 Å². The standard InChI is InChI=1S/C30H35FN4O4S/c31-21-11-13-22(14-12-21)39-18-5-1-4-16-32-19-28(37)34-17-15-25-24(20-34)29(38)35(26-9-2-3-10-27(26)36)30(33-25)40-23-7-6-8-23/h2-3,9-14,23,32,36H,1,4-8,15-20H2. The van der Waals surface area contributed by atoms with Crippen molar-refractivity contribution in [1.82, 2.24) is 19.8 Å². The predicted molar refractivity (Wildman–Crippen MR) is 153 cm³/mol. The van der Waals surface area contributed by atoms with Crippen LogP contribution in [0.1, 0.15) is 49.8 Å². The first-order valence-electron chi connectivity index (χ1n) is 14.0. The number of hydrogen-bond donors (Lipinski definition) is 2. The van der Waals surface area contributed by atoms with Crippen molar-refractivity contribution in [2.75, 3.05) is 26.2 Å². The molecule has 10 heteroatoms. The van der Waals surface area contributed by atoms with Gasteiger partial charge in [0.15, 0.2) is 5.16 Å². The number of carbonyl (C=O) groups is 1. The van der Waals surface area contributed by atoms with Gasteiger partial charge in [0.1, 0.15) is 17.3 Å². The summed E-state index contributed by atoms with van der Waals surface area (Å²) < 4.78 is 20.1. The molecular formula is C30H35FN4O4S. The Morgan fingerprint density at radius 3 is 2.67 bits per heavy atom. The van der Waals surface area contributed by atoms with E-state index in [4.69, 9.17) is 9.72 Å². The Morgan fingerprint density at radius 2 is 1.93 bits per heavy atom. The maximum absolute atomic E-state index is 13.8. The normalized spacial score (nSPS) is 15.0. The zero-order valence-corrected chi connectivity index (χ0v) is 23.3. The summed E-state index contributed by atoms with van der Waals surface area (Å²) in [5, 5.41) is 14.8. The summed E-state index contributed by atoms with van der Waals surface area (Å²) in [5.41, 5.74) is 1.46. The minimum atomic E-state index is -0.282. The van der Waals surface area contributed by atoms with Crippen molar-refractivity contribution in [3.05, 3.63) is 76.0 Å². The molecule has 0 atom stereocenters. The summed E-state index contributed by atoms with van der Waals surface area (Å²) in [6.45, 7) is 2.21. The Labute approximate surface area is 237 Å². The molecule has 1 amide bonds. The third-order valence-electron chi connectivity index (χ3n) is 7.36. The summed E-state index contributed by atoms with van der Waals surface area (Å²) in [6, 6.07) is 12.8. The van der Waals surface area contributed by atoms with E-state index in [0.717, 1.165) is 37.8 Å². The smallest absolute Gasteiger partial charge is 0.264 e. The first-order chi connectivity index (χ1) is 19.5. The van der Waals surface area contributed by atoms with Crippen LogP contribution in [0.4, 0.5) is 4.39 Å². The maximum atomic E-state index is 13.8. The van der Waals surface area contributed by atoms with Gasteiger partial charge in [0.2, 0.25) is 5.91 Å². The summed E-state index contributed by atoms with van der Waals surface area (Å²) in [5.74, 6) is 0.350. The molecule has 1 aliphatic heterocycles. The molecular weight excluding hydrogens is 531 g/mol. The van der Waals surface area contributed by atoms with E-state index in [9.17, 15) is 19.1 Å². The van der Waals surface area contributed by atoms with Gasteiger partial charge < -0.3 is 20.1 Å². The number of thioether (sulfide) groups is 1. The highest BCUT2D eigenvalue weighted by Crippen LogP contribution is 2.37. The molecule has 0 spiro atoms. The highest BCUT2D eigenvalue weighted by atomic mass is 32.2. The van der Waals surface area contributed by atoms with Crippen molar-refractivity contribution in [3.8, 4) is 17.2 Å². The zero-order valence-electron chi connectivity index (χ0n) is 22.5. The van der Waals surface area contributed by atoms with E-state index in [1.807, 2.05) is 0 Å². The van der Waals surface area contributed by atoms with Crippen molar-refractivity contribution in [3.63, 3.8) is 0 Å². The molecule has 1 saturated carbocycles. The Balaban J connectivity index is 1.14. The van der Waals surface area contributed by atoms with Gasteiger partial charge in [-0.2, -0.15) is 0 Å². The number of fused-ring (bicyclic) bond motifs is 1. The van der Waals surface area contributed by atoms with Crippen molar-refractivity contribution in [2.24, 2.45) is 0 Å². The largest absolute Gasteiger partial charge is 0.506 e. The molecule has 5 rings (SSSR count). The lowest BCUT2D eigenvalue weighted by Gasteiger charge is -2.30. The number of halogens is 1. The van der Waals surface area contributed by atoms with Crippen LogP contribution in [0.25, 0.3) is 5.69 Å². The second-order valence-electron chi connectivity index (χ2n) is 10.2. The van der Waals surface area contributed by atoms with E-state index in [-0.39, 0.29) is 36.1 Å². The maximum Gasteiger partial charge on any atom is 0.264 e. The molecule has 2 heterocycles. The lowest BCUT2D eigenvalue weighted by Crippen LogP contribution is -2.44. The molecule has 1 fully saturated rings. The van der Waals surface area contributed by atoms with Crippen LogP contribution in [0.3, 0.4) is 0 Å². The molecule has 2 aromatic carbocycles. The zero-order chi connectivity index (χ0) is 27.9. The van der Waals surface area contributed by atoms with Gasteiger partial charge in [0.05, 0.1) is 36.6 Å². The Hall–Kier alpha value is -3.37. The average Bonchev–Trinajstić information content (AvgIpc) is 2.93. The van der Waals surface area contributed by atoms with E-state index in [0.29, 0.717) is 53.5 Å². The van der Waals surface area contributed by atoms with Crippen LogP contribution >= 0.6 is 11.8 Å². The lowest BCUT2D eigenvalue weighted by atomic mass is 10.0. The summed E-state index contributed by atoms with van der Waals surface area (Å²) in [6.07, 6.45) is 6.62. The number of aromatic nitrogens is 2. The van der Waals surface area contributed by atoms with Crippen LogP contribution in [-0.4, -0.2) is 57.0 Å². The minimum Gasteiger partial charge on any atom is -0.506 e. The van der Waals surface area contributed by atoms with Crippen molar-refractivity contribution in [1.29, 1.82) is 0 Å². The van der Waals surface area contributed by atoms with Gasteiger partial charge in [-0.15, -0.1) is 0 Å². The monoisotopic (exact) mass is 566 g/mol. The lowest BCUT2D eigenvalue weighted by molar-refractivity contribution is -0.131. The van der Waals surface area contributed by atoms with Crippen LogP contribution < -0.4 is 15.6 Å². The van der Waals surface area contributed by atoms with Crippen molar-refractivity contribution in [2.45, 2.75) is 61.9 Å². The minimum absolute atomic E-state index is 0.0248. The number of hydrogen-bond acceptors (Lipinski definition) is 7. The first kappa shape index (κ1) is 28.2. The number of para-hydroxylation sites is 2. The number of phenols is 1. The van der Waals surface area contributed by atoms with E-state index in [1.54, 1.807) is 53.1 Å². The number of nitrogens with zero attached hydrogens (tertiary/aromatic N) is 3. The SMILES string of the molecule is O=C(CNCCCCCOc1ccc(F)cc1)N1CCc2nc(SC3CCC3)n(-c3ccccc3O)c(=O)c2C1. The Bertz CT molecular complexity index is 1380. The molecule has 40 heavy (non-hydrogen) atoms. The number of benzene rings is 2. The van der Waals surface area contributed by atoms with Crippen molar-refractivity contribution >= 4 is 17.7 Å². The molecule has 0 unspecified atom stereocenters. The third kappa shape index (κ3) is 6.85. The molecule has 0 bridgehead atoms. The number of carbonyl (C=O) groups excluding carboxylic acids is 1. The van der Waals surface area contributed by atoms with Crippen LogP contribution in [0.2, 0.25) is 0 Å². The second kappa shape index (κ2) is 13.3. The summed E-state index contributed by atoms with van der Waals surface area (Å²) in [7, 11) is 0. The number of rotatable bonds is 12. The number of aromatic hydroxyl groups is 1. The molecule has 3 aromatic rings. The Kier molecular flexibility index (Phi) is 9.38. The fourth-order valence-corrected chi connectivity index (χ4v) is 6.12. The highest BCUT2D eigenvalue weighted by Gasteiger charge is 2.29. The second-order valence-corrected chi connectivity index (χ2v) is 11.5. The van der Waals surface area contributed by atoms with Gasteiger partial charge in [-0.1, -0.05) is 30.3 Å². The fraction of sp³-hybridized carbons (Fsp3) is 0.433.